The molecule has 1 saturated carbocycles. The highest BCUT2D eigenvalue weighted by Crippen LogP contribution is 2.45. The van der Waals surface area contributed by atoms with Gasteiger partial charge in [0.05, 0.1) is 6.10 Å². The highest BCUT2D eigenvalue weighted by Gasteiger charge is 2.38. The predicted octanol–water partition coefficient (Wildman–Crippen LogP) is 7.38. The van der Waals surface area contributed by atoms with Crippen molar-refractivity contribution in [2.75, 3.05) is 14.2 Å². The van der Waals surface area contributed by atoms with Crippen molar-refractivity contribution < 1.29 is 19.3 Å². The monoisotopic (exact) mass is 482 g/mol. The molecule has 2 aromatic carbocycles. The average molecular weight is 483 g/mol. The summed E-state index contributed by atoms with van der Waals surface area (Å²) in [5.74, 6) is 1.19. The van der Waals surface area contributed by atoms with Crippen LogP contribution in [0.1, 0.15) is 94.7 Å². The molecule has 4 heteroatoms. The topological polar surface area (TPSA) is 47.9 Å². The van der Waals surface area contributed by atoms with Gasteiger partial charge in [0.1, 0.15) is 12.4 Å². The first-order valence-corrected chi connectivity index (χ1v) is 13.4. The molecular weight excluding hydrogens is 436 g/mol. The van der Waals surface area contributed by atoms with Crippen molar-refractivity contribution in [3.05, 3.63) is 65.2 Å². The van der Waals surface area contributed by atoms with Gasteiger partial charge in [-0.05, 0) is 59.8 Å². The van der Waals surface area contributed by atoms with E-state index in [0.717, 1.165) is 36.1 Å². The number of hydrogen-bond donors (Lipinski definition) is 1. The summed E-state index contributed by atoms with van der Waals surface area (Å²) in [6, 6.07) is 17.1. The molecule has 0 bridgehead atoms. The summed E-state index contributed by atoms with van der Waals surface area (Å²) in [5, 5.41) is 10.6. The Labute approximate surface area is 213 Å². The number of aliphatic hydroxyl groups is 1. The molecule has 3 rings (SSSR count). The highest BCUT2D eigenvalue weighted by molar-refractivity contribution is 5.43. The number of unbranched alkanes of at least 4 members (excludes halogenated alkanes) is 3. The lowest BCUT2D eigenvalue weighted by Gasteiger charge is -2.38. The quantitative estimate of drug-likeness (QED) is 0.239. The minimum Gasteiger partial charge on any atom is -0.489 e. The van der Waals surface area contributed by atoms with Crippen molar-refractivity contribution in [3.8, 4) is 5.75 Å². The van der Waals surface area contributed by atoms with E-state index in [1.165, 1.54) is 31.2 Å². The first kappa shape index (κ1) is 27.7. The molecule has 0 amide bonds. The van der Waals surface area contributed by atoms with Crippen LogP contribution in [0.15, 0.2) is 48.5 Å². The van der Waals surface area contributed by atoms with Crippen molar-refractivity contribution in [2.45, 2.75) is 102 Å². The maximum absolute atomic E-state index is 10.6. The van der Waals surface area contributed by atoms with Gasteiger partial charge in [0.25, 0.3) is 0 Å². The number of aliphatic hydroxyl groups excluding tert-OH is 1. The van der Waals surface area contributed by atoms with Gasteiger partial charge in [0.2, 0.25) is 0 Å². The number of rotatable bonds is 13. The van der Waals surface area contributed by atoms with Crippen LogP contribution in [0.25, 0.3) is 0 Å². The van der Waals surface area contributed by atoms with Gasteiger partial charge < -0.3 is 19.3 Å². The summed E-state index contributed by atoms with van der Waals surface area (Å²) in [4.78, 5) is 0. The third-order valence-electron chi connectivity index (χ3n) is 7.78. The van der Waals surface area contributed by atoms with Crippen molar-refractivity contribution >= 4 is 0 Å². The molecule has 3 atom stereocenters. The fourth-order valence-corrected chi connectivity index (χ4v) is 5.56. The Balaban J connectivity index is 1.93. The molecule has 35 heavy (non-hydrogen) atoms. The Kier molecular flexibility index (Phi) is 10.6. The molecule has 0 heterocycles. The Morgan fingerprint density at radius 1 is 0.971 bits per heavy atom. The van der Waals surface area contributed by atoms with Crippen LogP contribution in [0.4, 0.5) is 0 Å². The number of hydrogen-bond acceptors (Lipinski definition) is 4. The molecular formula is C31H46O4. The van der Waals surface area contributed by atoms with E-state index in [1.807, 2.05) is 18.2 Å². The average Bonchev–Trinajstić information content (AvgIpc) is 2.87. The Morgan fingerprint density at radius 2 is 1.71 bits per heavy atom. The van der Waals surface area contributed by atoms with Crippen LogP contribution >= 0.6 is 0 Å². The molecule has 4 nitrogen and oxygen atoms in total. The zero-order chi connectivity index (χ0) is 25.3. The van der Waals surface area contributed by atoms with Crippen LogP contribution in [-0.2, 0) is 21.5 Å². The van der Waals surface area contributed by atoms with E-state index in [2.05, 4.69) is 51.1 Å². The summed E-state index contributed by atoms with van der Waals surface area (Å²) in [5.41, 5.74) is 3.68. The van der Waals surface area contributed by atoms with Gasteiger partial charge in [0.15, 0.2) is 6.29 Å². The molecule has 3 unspecified atom stereocenters. The maximum atomic E-state index is 10.6. The van der Waals surface area contributed by atoms with Gasteiger partial charge in [0, 0.05) is 20.1 Å². The van der Waals surface area contributed by atoms with E-state index in [9.17, 15) is 5.11 Å². The molecule has 1 fully saturated rings. The van der Waals surface area contributed by atoms with Gasteiger partial charge in [-0.1, -0.05) is 88.9 Å². The fourth-order valence-electron chi connectivity index (χ4n) is 5.56. The lowest BCUT2D eigenvalue weighted by Crippen LogP contribution is -2.36. The van der Waals surface area contributed by atoms with Gasteiger partial charge in [-0.3, -0.25) is 0 Å². The Morgan fingerprint density at radius 3 is 2.40 bits per heavy atom. The lowest BCUT2D eigenvalue weighted by molar-refractivity contribution is -0.153. The first-order valence-electron chi connectivity index (χ1n) is 13.4. The molecule has 0 aromatic heterocycles. The van der Waals surface area contributed by atoms with Crippen LogP contribution in [0.3, 0.4) is 0 Å². The van der Waals surface area contributed by atoms with Gasteiger partial charge >= 0.3 is 0 Å². The third-order valence-corrected chi connectivity index (χ3v) is 7.78. The normalized spacial score (nSPS) is 20.8. The summed E-state index contributed by atoms with van der Waals surface area (Å²) in [7, 11) is 3.40. The standard InChI is InChI=1S/C31H46O4/c1-6-7-8-12-19-31(2,3)24-15-17-26(29(20-24)35-22-23-13-10-9-11-14-23)28-21-25(32)16-18-27(28)30(33-4)34-5/h9-11,13-15,17,20,25,27-28,30,32H,6-8,12,16,18-19,21-22H2,1-5H3. The molecule has 1 N–H and O–H groups in total. The summed E-state index contributed by atoms with van der Waals surface area (Å²) < 4.78 is 17.9. The number of methoxy groups -OCH3 is 2. The molecule has 0 saturated heterocycles. The van der Waals surface area contributed by atoms with E-state index < -0.39 is 0 Å². The second kappa shape index (κ2) is 13.4. The molecule has 0 aliphatic heterocycles. The number of ether oxygens (including phenoxy) is 3. The second-order valence-corrected chi connectivity index (χ2v) is 10.8. The summed E-state index contributed by atoms with van der Waals surface area (Å²) in [6.45, 7) is 7.46. The van der Waals surface area contributed by atoms with Crippen molar-refractivity contribution in [2.24, 2.45) is 5.92 Å². The predicted molar refractivity (Wildman–Crippen MR) is 143 cm³/mol. The van der Waals surface area contributed by atoms with Crippen LogP contribution in [0, 0.1) is 5.92 Å². The van der Waals surface area contributed by atoms with E-state index in [4.69, 9.17) is 14.2 Å². The Hall–Kier alpha value is -1.88. The second-order valence-electron chi connectivity index (χ2n) is 10.8. The largest absolute Gasteiger partial charge is 0.489 e. The van der Waals surface area contributed by atoms with Crippen LogP contribution in [-0.4, -0.2) is 31.7 Å². The molecule has 1 aliphatic carbocycles. The van der Waals surface area contributed by atoms with Crippen LogP contribution in [0.5, 0.6) is 5.75 Å². The minimum absolute atomic E-state index is 0.0736. The smallest absolute Gasteiger partial charge is 0.160 e. The molecule has 1 aliphatic rings. The summed E-state index contributed by atoms with van der Waals surface area (Å²) in [6.07, 6.45) is 7.94. The van der Waals surface area contributed by atoms with E-state index in [0.29, 0.717) is 13.0 Å². The zero-order valence-corrected chi connectivity index (χ0v) is 22.5. The van der Waals surface area contributed by atoms with Crippen LogP contribution < -0.4 is 4.74 Å². The Bertz CT molecular complexity index is 875. The maximum Gasteiger partial charge on any atom is 0.160 e. The van der Waals surface area contributed by atoms with Gasteiger partial charge in [-0.25, -0.2) is 0 Å². The van der Waals surface area contributed by atoms with Crippen molar-refractivity contribution in [3.63, 3.8) is 0 Å². The molecule has 0 spiro atoms. The third kappa shape index (κ3) is 7.55. The summed E-state index contributed by atoms with van der Waals surface area (Å²) >= 11 is 0. The SMILES string of the molecule is CCCCCCC(C)(C)c1ccc(C2CC(O)CCC2C(OC)OC)c(OCc2ccccc2)c1. The van der Waals surface area contributed by atoms with Gasteiger partial charge in [-0.15, -0.1) is 0 Å². The van der Waals surface area contributed by atoms with E-state index >= 15 is 0 Å². The minimum atomic E-state index is -0.317. The van der Waals surface area contributed by atoms with E-state index in [1.54, 1.807) is 14.2 Å². The van der Waals surface area contributed by atoms with E-state index in [-0.39, 0.29) is 29.6 Å². The highest BCUT2D eigenvalue weighted by atomic mass is 16.7. The fraction of sp³-hybridized carbons (Fsp3) is 0.613. The lowest BCUT2D eigenvalue weighted by atomic mass is 9.72. The molecule has 0 radical (unpaired) electrons. The molecule has 2 aromatic rings. The molecule has 194 valence electrons. The van der Waals surface area contributed by atoms with Crippen LogP contribution in [0.2, 0.25) is 0 Å². The van der Waals surface area contributed by atoms with Crippen molar-refractivity contribution in [1.82, 2.24) is 0 Å². The van der Waals surface area contributed by atoms with Crippen molar-refractivity contribution in [1.29, 1.82) is 0 Å². The van der Waals surface area contributed by atoms with Gasteiger partial charge in [-0.2, -0.15) is 0 Å². The number of benzene rings is 2. The first-order chi connectivity index (χ1) is 16.9. The zero-order valence-electron chi connectivity index (χ0n) is 22.5.